The van der Waals surface area contributed by atoms with Crippen molar-refractivity contribution in [1.82, 2.24) is 4.90 Å². The molecule has 1 amide bonds. The number of halogens is 2. The maximum atomic E-state index is 12.4. The van der Waals surface area contributed by atoms with Gasteiger partial charge in [0.1, 0.15) is 5.75 Å². The van der Waals surface area contributed by atoms with Gasteiger partial charge in [0.25, 0.3) is 5.91 Å². The van der Waals surface area contributed by atoms with Gasteiger partial charge in [0, 0.05) is 18.1 Å². The van der Waals surface area contributed by atoms with E-state index in [1.165, 1.54) is 0 Å². The number of hydrogen-bond acceptors (Lipinski definition) is 2. The molecule has 0 heterocycles. The molecule has 0 radical (unpaired) electrons. The van der Waals surface area contributed by atoms with E-state index in [-0.39, 0.29) is 12.5 Å². The van der Waals surface area contributed by atoms with E-state index in [4.69, 9.17) is 27.9 Å². The zero-order valence-corrected chi connectivity index (χ0v) is 15.6. The number of carbonyl (C=O) groups excluding carboxylic acids is 1. The highest BCUT2D eigenvalue weighted by atomic mass is 35.5. The number of unbranched alkanes of at least 4 members (excludes halogenated alkanes) is 4. The van der Waals surface area contributed by atoms with Crippen LogP contribution in [0.4, 0.5) is 0 Å². The van der Waals surface area contributed by atoms with Crippen molar-refractivity contribution in [3.8, 4) is 5.75 Å². The molecule has 3 nitrogen and oxygen atoms in total. The molecular formula is C18H27Cl2NO2. The summed E-state index contributed by atoms with van der Waals surface area (Å²) in [4.78, 5) is 14.3. The fourth-order valence-electron chi connectivity index (χ4n) is 2.29. The van der Waals surface area contributed by atoms with Crippen LogP contribution < -0.4 is 4.74 Å². The van der Waals surface area contributed by atoms with Gasteiger partial charge in [-0.2, -0.15) is 0 Å². The molecule has 0 unspecified atom stereocenters. The third kappa shape index (κ3) is 7.94. The van der Waals surface area contributed by atoms with Crippen LogP contribution in [0.2, 0.25) is 10.0 Å². The van der Waals surface area contributed by atoms with Crippen LogP contribution in [0.3, 0.4) is 0 Å². The highest BCUT2D eigenvalue weighted by molar-refractivity contribution is 6.35. The van der Waals surface area contributed by atoms with Crippen LogP contribution in [0.25, 0.3) is 0 Å². The molecule has 0 aromatic heterocycles. The average molecular weight is 360 g/mol. The Morgan fingerprint density at radius 1 is 1.04 bits per heavy atom. The van der Waals surface area contributed by atoms with Gasteiger partial charge in [-0.15, -0.1) is 0 Å². The fraction of sp³-hybridized carbons (Fsp3) is 0.611. The minimum atomic E-state index is 0.0135. The summed E-state index contributed by atoms with van der Waals surface area (Å²) in [5, 5.41) is 0.975. The van der Waals surface area contributed by atoms with Crippen molar-refractivity contribution in [2.45, 2.75) is 52.4 Å². The summed E-state index contributed by atoms with van der Waals surface area (Å²) in [6.07, 6.45) is 6.65. The molecule has 1 aromatic rings. The monoisotopic (exact) mass is 359 g/mol. The molecule has 0 aliphatic heterocycles. The molecule has 0 aliphatic rings. The van der Waals surface area contributed by atoms with E-state index in [1.807, 2.05) is 4.90 Å². The van der Waals surface area contributed by atoms with Gasteiger partial charge in [-0.3, -0.25) is 4.79 Å². The lowest BCUT2D eigenvalue weighted by Gasteiger charge is -2.23. The summed E-state index contributed by atoms with van der Waals surface area (Å²) < 4.78 is 5.57. The van der Waals surface area contributed by atoms with E-state index in [9.17, 15) is 4.79 Å². The lowest BCUT2D eigenvalue weighted by Crippen LogP contribution is -2.36. The molecule has 0 saturated heterocycles. The number of carbonyl (C=O) groups is 1. The van der Waals surface area contributed by atoms with Gasteiger partial charge in [-0.05, 0) is 31.0 Å². The summed E-state index contributed by atoms with van der Waals surface area (Å²) >= 11 is 11.9. The first-order valence-corrected chi connectivity index (χ1v) is 9.19. The average Bonchev–Trinajstić information content (AvgIpc) is 2.52. The second-order valence-corrected chi connectivity index (χ2v) is 6.50. The molecule has 5 heteroatoms. The van der Waals surface area contributed by atoms with Crippen molar-refractivity contribution in [1.29, 1.82) is 0 Å². The molecule has 0 N–H and O–H groups in total. The van der Waals surface area contributed by atoms with Crippen molar-refractivity contribution in [3.63, 3.8) is 0 Å². The van der Waals surface area contributed by atoms with Gasteiger partial charge in [0.15, 0.2) is 6.61 Å². The lowest BCUT2D eigenvalue weighted by molar-refractivity contribution is -0.133. The number of nitrogens with zero attached hydrogens (tertiary/aromatic N) is 1. The third-order valence-corrected chi connectivity index (χ3v) is 4.19. The van der Waals surface area contributed by atoms with E-state index in [0.29, 0.717) is 15.8 Å². The SMILES string of the molecule is CCCCCN(CCCCC)C(=O)COc1ccc(Cl)cc1Cl. The second-order valence-electron chi connectivity index (χ2n) is 5.66. The normalized spacial score (nSPS) is 10.6. The predicted molar refractivity (Wildman–Crippen MR) is 97.6 cm³/mol. The van der Waals surface area contributed by atoms with Crippen LogP contribution in [0.5, 0.6) is 5.75 Å². The summed E-state index contributed by atoms with van der Waals surface area (Å²) in [6, 6.07) is 5.01. The number of amides is 1. The number of hydrogen-bond donors (Lipinski definition) is 0. The standard InChI is InChI=1S/C18H27Cl2NO2/c1-3-5-7-11-21(12-8-6-4-2)18(22)14-23-17-10-9-15(19)13-16(17)20/h9-10,13H,3-8,11-12,14H2,1-2H3. The summed E-state index contributed by atoms with van der Waals surface area (Å²) in [5.74, 6) is 0.509. The van der Waals surface area contributed by atoms with E-state index < -0.39 is 0 Å². The Balaban J connectivity index is 2.53. The minimum absolute atomic E-state index is 0.0135. The first kappa shape index (κ1) is 20.1. The molecule has 130 valence electrons. The van der Waals surface area contributed by atoms with Gasteiger partial charge in [-0.1, -0.05) is 62.7 Å². The highest BCUT2D eigenvalue weighted by Gasteiger charge is 2.14. The van der Waals surface area contributed by atoms with Gasteiger partial charge in [0.05, 0.1) is 5.02 Å². The van der Waals surface area contributed by atoms with Crippen molar-refractivity contribution >= 4 is 29.1 Å². The fourth-order valence-corrected chi connectivity index (χ4v) is 2.75. The Morgan fingerprint density at radius 2 is 1.65 bits per heavy atom. The quantitative estimate of drug-likeness (QED) is 0.482. The van der Waals surface area contributed by atoms with Gasteiger partial charge < -0.3 is 9.64 Å². The molecule has 0 fully saturated rings. The molecule has 0 saturated carbocycles. The molecule has 0 atom stereocenters. The second kappa shape index (κ2) is 11.6. The van der Waals surface area contributed by atoms with Gasteiger partial charge >= 0.3 is 0 Å². The zero-order valence-electron chi connectivity index (χ0n) is 14.1. The summed E-state index contributed by atoms with van der Waals surface area (Å²) in [7, 11) is 0. The number of benzene rings is 1. The van der Waals surface area contributed by atoms with Crippen molar-refractivity contribution < 1.29 is 9.53 Å². The van der Waals surface area contributed by atoms with Crippen molar-refractivity contribution in [2.75, 3.05) is 19.7 Å². The highest BCUT2D eigenvalue weighted by Crippen LogP contribution is 2.27. The third-order valence-electron chi connectivity index (χ3n) is 3.66. The maximum absolute atomic E-state index is 12.4. The van der Waals surface area contributed by atoms with Crippen LogP contribution in [0.1, 0.15) is 52.4 Å². The summed E-state index contributed by atoms with van der Waals surface area (Å²) in [6.45, 7) is 5.94. The van der Waals surface area contributed by atoms with Crippen LogP contribution in [0, 0.1) is 0 Å². The first-order chi connectivity index (χ1) is 11.1. The Morgan fingerprint density at radius 3 is 2.17 bits per heavy atom. The number of rotatable bonds is 11. The molecule has 1 aromatic carbocycles. The molecular weight excluding hydrogens is 333 g/mol. The smallest absolute Gasteiger partial charge is 0.260 e. The lowest BCUT2D eigenvalue weighted by atomic mass is 10.2. The Kier molecular flexibility index (Phi) is 10.1. The molecule has 1 rings (SSSR count). The molecule has 0 aliphatic carbocycles. The van der Waals surface area contributed by atoms with Crippen LogP contribution in [-0.4, -0.2) is 30.5 Å². The zero-order chi connectivity index (χ0) is 17.1. The first-order valence-electron chi connectivity index (χ1n) is 8.44. The topological polar surface area (TPSA) is 29.5 Å². The van der Waals surface area contributed by atoms with Crippen molar-refractivity contribution in [2.24, 2.45) is 0 Å². The molecule has 0 bridgehead atoms. The largest absolute Gasteiger partial charge is 0.482 e. The van der Waals surface area contributed by atoms with Crippen LogP contribution in [-0.2, 0) is 4.79 Å². The molecule has 23 heavy (non-hydrogen) atoms. The van der Waals surface area contributed by atoms with E-state index in [0.717, 1.165) is 51.6 Å². The number of ether oxygens (including phenoxy) is 1. The van der Waals surface area contributed by atoms with Gasteiger partial charge in [-0.25, -0.2) is 0 Å². The Bertz CT molecular complexity index is 470. The van der Waals surface area contributed by atoms with E-state index in [2.05, 4.69) is 13.8 Å². The van der Waals surface area contributed by atoms with E-state index in [1.54, 1.807) is 18.2 Å². The summed E-state index contributed by atoms with van der Waals surface area (Å²) in [5.41, 5.74) is 0. The Hall–Kier alpha value is -0.930. The van der Waals surface area contributed by atoms with Crippen LogP contribution >= 0.6 is 23.2 Å². The van der Waals surface area contributed by atoms with E-state index >= 15 is 0 Å². The minimum Gasteiger partial charge on any atom is -0.482 e. The van der Waals surface area contributed by atoms with Crippen molar-refractivity contribution in [3.05, 3.63) is 28.2 Å². The van der Waals surface area contributed by atoms with Gasteiger partial charge in [0.2, 0.25) is 0 Å². The predicted octanol–water partition coefficient (Wildman–Crippen LogP) is 5.58. The van der Waals surface area contributed by atoms with Crippen LogP contribution in [0.15, 0.2) is 18.2 Å². The maximum Gasteiger partial charge on any atom is 0.260 e. The molecule has 0 spiro atoms. The Labute approximate surface area is 149 Å².